The van der Waals surface area contributed by atoms with Gasteiger partial charge in [-0.2, -0.15) is 0 Å². The molecule has 0 unspecified atom stereocenters. The summed E-state index contributed by atoms with van der Waals surface area (Å²) >= 11 is 1.67. The summed E-state index contributed by atoms with van der Waals surface area (Å²) in [5.74, 6) is 0.711. The fourth-order valence-electron chi connectivity index (χ4n) is 2.20. The summed E-state index contributed by atoms with van der Waals surface area (Å²) in [4.78, 5) is 4.69. The van der Waals surface area contributed by atoms with E-state index >= 15 is 0 Å². The Kier molecular flexibility index (Phi) is 3.88. The van der Waals surface area contributed by atoms with Crippen LogP contribution in [0, 0.1) is 0 Å². The van der Waals surface area contributed by atoms with Gasteiger partial charge in [-0.15, -0.1) is 11.3 Å². The van der Waals surface area contributed by atoms with Gasteiger partial charge in [-0.05, 0) is 17.7 Å². The van der Waals surface area contributed by atoms with E-state index in [2.05, 4.69) is 17.5 Å². The van der Waals surface area contributed by atoms with Gasteiger partial charge in [0.25, 0.3) is 0 Å². The molecule has 106 valence electrons. The second-order valence-electron chi connectivity index (χ2n) is 4.75. The molecule has 0 radical (unpaired) electrons. The topological polar surface area (TPSA) is 48.1 Å². The van der Waals surface area contributed by atoms with Crippen LogP contribution in [0.5, 0.6) is 5.75 Å². The molecule has 1 heterocycles. The molecule has 3 rings (SSSR count). The first-order chi connectivity index (χ1) is 10.3. The van der Waals surface area contributed by atoms with Gasteiger partial charge in [-0.25, -0.2) is 4.98 Å². The lowest BCUT2D eigenvalue weighted by Gasteiger charge is -2.06. The number of nitrogens with zero attached hydrogens (tertiary/aromatic N) is 1. The molecule has 0 bridgehead atoms. The van der Waals surface area contributed by atoms with Gasteiger partial charge in [0.2, 0.25) is 0 Å². The van der Waals surface area contributed by atoms with Crippen LogP contribution in [0.1, 0.15) is 10.6 Å². The monoisotopic (exact) mass is 296 g/mol. The van der Waals surface area contributed by atoms with E-state index in [4.69, 9.17) is 15.5 Å². The molecule has 2 N–H and O–H groups in total. The number of nitrogens with two attached hydrogens (primary N) is 1. The predicted octanol–water partition coefficient (Wildman–Crippen LogP) is 3.99. The molecule has 21 heavy (non-hydrogen) atoms. The van der Waals surface area contributed by atoms with Crippen molar-refractivity contribution >= 4 is 17.0 Å². The van der Waals surface area contributed by atoms with Crippen molar-refractivity contribution in [3.8, 4) is 17.0 Å². The van der Waals surface area contributed by atoms with Crippen LogP contribution in [0.15, 0.2) is 53.9 Å². The SMILES string of the molecule is COc1ccc(Cc2nc(-c3ccccc3)cs2)cc1N. The largest absolute Gasteiger partial charge is 0.495 e. The molecule has 2 aromatic carbocycles. The number of aromatic nitrogens is 1. The standard InChI is InChI=1S/C17H16N2OS/c1-20-16-8-7-12(9-14(16)18)10-17-19-15(11-21-17)13-5-3-2-4-6-13/h2-9,11H,10,18H2,1H3. The molecule has 0 aliphatic carbocycles. The zero-order valence-electron chi connectivity index (χ0n) is 11.7. The Morgan fingerprint density at radius 2 is 1.95 bits per heavy atom. The molecule has 1 aromatic heterocycles. The van der Waals surface area contributed by atoms with Crippen molar-refractivity contribution in [3.63, 3.8) is 0 Å². The lowest BCUT2D eigenvalue weighted by atomic mass is 10.1. The maximum atomic E-state index is 5.94. The molecule has 3 aromatic rings. The van der Waals surface area contributed by atoms with Gasteiger partial charge in [0.15, 0.2) is 0 Å². The first kappa shape index (κ1) is 13.6. The third-order valence-electron chi connectivity index (χ3n) is 3.27. The third-order valence-corrected chi connectivity index (χ3v) is 4.12. The van der Waals surface area contributed by atoms with E-state index in [1.54, 1.807) is 18.4 Å². The summed E-state index contributed by atoms with van der Waals surface area (Å²) in [6.07, 6.45) is 0.783. The highest BCUT2D eigenvalue weighted by molar-refractivity contribution is 7.10. The van der Waals surface area contributed by atoms with Crippen LogP contribution in [0.4, 0.5) is 5.69 Å². The molecule has 0 atom stereocenters. The molecular weight excluding hydrogens is 280 g/mol. The smallest absolute Gasteiger partial charge is 0.141 e. The number of rotatable bonds is 4. The van der Waals surface area contributed by atoms with Crippen LogP contribution in [0.2, 0.25) is 0 Å². The minimum absolute atomic E-state index is 0.662. The number of hydrogen-bond donors (Lipinski definition) is 1. The Bertz CT molecular complexity index is 738. The first-order valence-electron chi connectivity index (χ1n) is 6.68. The van der Waals surface area contributed by atoms with Gasteiger partial charge in [0.1, 0.15) is 5.75 Å². The number of ether oxygens (including phenoxy) is 1. The third kappa shape index (κ3) is 3.06. The van der Waals surface area contributed by atoms with Crippen molar-refractivity contribution in [3.05, 3.63) is 64.5 Å². The molecular formula is C17H16N2OS. The second-order valence-corrected chi connectivity index (χ2v) is 5.69. The summed E-state index contributed by atoms with van der Waals surface area (Å²) in [5, 5.41) is 3.18. The van der Waals surface area contributed by atoms with Crippen LogP contribution >= 0.6 is 11.3 Å². The molecule has 0 saturated carbocycles. The zero-order chi connectivity index (χ0) is 14.7. The minimum Gasteiger partial charge on any atom is -0.495 e. The van der Waals surface area contributed by atoms with E-state index in [0.717, 1.165) is 28.2 Å². The average molecular weight is 296 g/mol. The fraction of sp³-hybridized carbons (Fsp3) is 0.118. The molecule has 0 aliphatic rings. The Morgan fingerprint density at radius 1 is 1.14 bits per heavy atom. The van der Waals surface area contributed by atoms with Crippen LogP contribution < -0.4 is 10.5 Å². The van der Waals surface area contributed by atoms with Gasteiger partial charge in [0, 0.05) is 17.4 Å². The minimum atomic E-state index is 0.662. The van der Waals surface area contributed by atoms with Gasteiger partial charge in [-0.1, -0.05) is 36.4 Å². The lowest BCUT2D eigenvalue weighted by Crippen LogP contribution is -1.95. The summed E-state index contributed by atoms with van der Waals surface area (Å²) in [7, 11) is 1.62. The van der Waals surface area contributed by atoms with Crippen molar-refractivity contribution in [2.24, 2.45) is 0 Å². The number of thiazole rings is 1. The number of methoxy groups -OCH3 is 1. The highest BCUT2D eigenvalue weighted by atomic mass is 32.1. The highest BCUT2D eigenvalue weighted by Gasteiger charge is 2.07. The summed E-state index contributed by atoms with van der Waals surface area (Å²) < 4.78 is 5.17. The Morgan fingerprint density at radius 3 is 2.67 bits per heavy atom. The highest BCUT2D eigenvalue weighted by Crippen LogP contribution is 2.26. The molecule has 0 amide bonds. The van der Waals surface area contributed by atoms with Crippen molar-refractivity contribution < 1.29 is 4.74 Å². The molecule has 0 saturated heterocycles. The predicted molar refractivity (Wildman–Crippen MR) is 87.8 cm³/mol. The van der Waals surface area contributed by atoms with Crippen LogP contribution in [-0.4, -0.2) is 12.1 Å². The molecule has 0 fully saturated rings. The van der Waals surface area contributed by atoms with Crippen LogP contribution in [0.25, 0.3) is 11.3 Å². The van der Waals surface area contributed by atoms with E-state index in [1.165, 1.54) is 0 Å². The first-order valence-corrected chi connectivity index (χ1v) is 7.56. The number of nitrogen functional groups attached to an aromatic ring is 1. The van der Waals surface area contributed by atoms with E-state index in [-0.39, 0.29) is 0 Å². The summed E-state index contributed by atoms with van der Waals surface area (Å²) in [5.41, 5.74) is 9.92. The van der Waals surface area contributed by atoms with Crippen molar-refractivity contribution in [2.75, 3.05) is 12.8 Å². The molecule has 4 heteroatoms. The maximum absolute atomic E-state index is 5.94. The summed E-state index contributed by atoms with van der Waals surface area (Å²) in [6.45, 7) is 0. The van der Waals surface area contributed by atoms with E-state index in [0.29, 0.717) is 11.4 Å². The Labute approximate surface area is 128 Å². The number of benzene rings is 2. The summed E-state index contributed by atoms with van der Waals surface area (Å²) in [6, 6.07) is 16.1. The van der Waals surface area contributed by atoms with E-state index < -0.39 is 0 Å². The van der Waals surface area contributed by atoms with Gasteiger partial charge >= 0.3 is 0 Å². The van der Waals surface area contributed by atoms with Gasteiger partial charge in [-0.3, -0.25) is 0 Å². The molecule has 0 spiro atoms. The molecule has 3 nitrogen and oxygen atoms in total. The van der Waals surface area contributed by atoms with E-state index in [9.17, 15) is 0 Å². The van der Waals surface area contributed by atoms with Crippen molar-refractivity contribution in [1.82, 2.24) is 4.98 Å². The van der Waals surface area contributed by atoms with Crippen molar-refractivity contribution in [1.29, 1.82) is 0 Å². The molecule has 0 aliphatic heterocycles. The second kappa shape index (κ2) is 5.97. The lowest BCUT2D eigenvalue weighted by molar-refractivity contribution is 0.417. The van der Waals surface area contributed by atoms with Gasteiger partial charge in [0.05, 0.1) is 23.5 Å². The van der Waals surface area contributed by atoms with Crippen molar-refractivity contribution in [2.45, 2.75) is 6.42 Å². The number of hydrogen-bond acceptors (Lipinski definition) is 4. The normalized spacial score (nSPS) is 10.5. The quantitative estimate of drug-likeness (QED) is 0.740. The van der Waals surface area contributed by atoms with Crippen LogP contribution in [-0.2, 0) is 6.42 Å². The zero-order valence-corrected chi connectivity index (χ0v) is 12.6. The average Bonchev–Trinajstić information content (AvgIpc) is 2.97. The fourth-order valence-corrected chi connectivity index (χ4v) is 3.04. The van der Waals surface area contributed by atoms with Crippen LogP contribution in [0.3, 0.4) is 0 Å². The Hall–Kier alpha value is -2.33. The van der Waals surface area contributed by atoms with E-state index in [1.807, 2.05) is 36.4 Å². The maximum Gasteiger partial charge on any atom is 0.141 e. The van der Waals surface area contributed by atoms with Gasteiger partial charge < -0.3 is 10.5 Å². The number of anilines is 1. The Balaban J connectivity index is 1.80.